The van der Waals surface area contributed by atoms with Gasteiger partial charge in [-0.3, -0.25) is 9.59 Å². The highest BCUT2D eigenvalue weighted by Crippen LogP contribution is 2.24. The number of nitrogens with zero attached hydrogens (tertiary/aromatic N) is 1. The van der Waals surface area contributed by atoms with Crippen molar-refractivity contribution in [2.45, 2.75) is 29.1 Å². The number of likely N-dealkylation sites (tertiary alicyclic amines) is 1. The van der Waals surface area contributed by atoms with Crippen molar-refractivity contribution in [2.75, 3.05) is 31.1 Å². The topological polar surface area (TPSA) is 49.4 Å². The molecular formula is C22H25FN2O2S2. The highest BCUT2D eigenvalue weighted by atomic mass is 32.2. The van der Waals surface area contributed by atoms with Gasteiger partial charge in [0, 0.05) is 29.4 Å². The maximum atomic E-state index is 12.9. The Balaban J connectivity index is 1.42. The number of amides is 2. The second-order valence-electron chi connectivity index (χ2n) is 6.78. The van der Waals surface area contributed by atoms with E-state index in [9.17, 15) is 14.0 Å². The SMILES string of the molecule is O=C(NCCCSc1ccc(F)cc1)c1ccccc1SCC(=O)N1CCCC1. The number of carbonyl (C=O) groups excluding carboxylic acids is 2. The lowest BCUT2D eigenvalue weighted by atomic mass is 10.2. The Morgan fingerprint density at radius 3 is 2.48 bits per heavy atom. The number of hydrogen-bond donors (Lipinski definition) is 1. The van der Waals surface area contributed by atoms with Crippen LogP contribution in [0.3, 0.4) is 0 Å². The Labute approximate surface area is 179 Å². The molecule has 1 saturated heterocycles. The summed E-state index contributed by atoms with van der Waals surface area (Å²) in [7, 11) is 0. The van der Waals surface area contributed by atoms with Gasteiger partial charge in [-0.2, -0.15) is 0 Å². The summed E-state index contributed by atoms with van der Waals surface area (Å²) in [5, 5.41) is 2.96. The van der Waals surface area contributed by atoms with E-state index in [0.29, 0.717) is 17.9 Å². The molecule has 0 atom stereocenters. The van der Waals surface area contributed by atoms with Gasteiger partial charge < -0.3 is 10.2 Å². The Bertz CT molecular complexity index is 824. The molecule has 1 N–H and O–H groups in total. The Hall–Kier alpha value is -1.99. The van der Waals surface area contributed by atoms with Crippen LogP contribution in [0, 0.1) is 5.82 Å². The fraction of sp³-hybridized carbons (Fsp3) is 0.364. The van der Waals surface area contributed by atoms with E-state index in [1.807, 2.05) is 23.1 Å². The maximum Gasteiger partial charge on any atom is 0.252 e. The van der Waals surface area contributed by atoms with Crippen LogP contribution in [0.4, 0.5) is 4.39 Å². The average molecular weight is 433 g/mol. The minimum Gasteiger partial charge on any atom is -0.352 e. The van der Waals surface area contributed by atoms with Gasteiger partial charge in [-0.1, -0.05) is 12.1 Å². The van der Waals surface area contributed by atoms with Crippen molar-refractivity contribution in [1.29, 1.82) is 0 Å². The number of nitrogens with one attached hydrogen (secondary N) is 1. The Morgan fingerprint density at radius 2 is 1.72 bits per heavy atom. The van der Waals surface area contributed by atoms with Crippen molar-refractivity contribution in [3.8, 4) is 0 Å². The molecule has 0 saturated carbocycles. The molecule has 4 nitrogen and oxygen atoms in total. The van der Waals surface area contributed by atoms with Crippen LogP contribution < -0.4 is 5.32 Å². The first kappa shape index (κ1) is 21.7. The molecule has 0 radical (unpaired) electrons. The van der Waals surface area contributed by atoms with Crippen LogP contribution in [0.2, 0.25) is 0 Å². The van der Waals surface area contributed by atoms with Gasteiger partial charge >= 0.3 is 0 Å². The van der Waals surface area contributed by atoms with Crippen LogP contribution >= 0.6 is 23.5 Å². The monoisotopic (exact) mass is 432 g/mol. The first-order chi connectivity index (χ1) is 14.1. The summed E-state index contributed by atoms with van der Waals surface area (Å²) in [6.45, 7) is 2.26. The lowest BCUT2D eigenvalue weighted by Gasteiger charge is -2.15. The molecule has 3 rings (SSSR count). The minimum atomic E-state index is -0.236. The number of carbonyl (C=O) groups is 2. The number of benzene rings is 2. The van der Waals surface area contributed by atoms with Gasteiger partial charge in [0.25, 0.3) is 5.91 Å². The largest absolute Gasteiger partial charge is 0.352 e. The first-order valence-electron chi connectivity index (χ1n) is 9.79. The molecule has 2 amide bonds. The highest BCUT2D eigenvalue weighted by molar-refractivity contribution is 8.00. The van der Waals surface area contributed by atoms with Gasteiger partial charge in [0.2, 0.25) is 5.91 Å². The quantitative estimate of drug-likeness (QED) is 0.470. The van der Waals surface area contributed by atoms with Crippen LogP contribution in [-0.4, -0.2) is 47.9 Å². The van der Waals surface area contributed by atoms with Crippen molar-refractivity contribution >= 4 is 35.3 Å². The van der Waals surface area contributed by atoms with Crippen molar-refractivity contribution in [3.05, 3.63) is 59.9 Å². The fourth-order valence-corrected chi connectivity index (χ4v) is 4.87. The normalized spacial score (nSPS) is 13.5. The molecule has 1 aliphatic rings. The predicted octanol–water partition coefficient (Wildman–Crippen LogP) is 4.45. The van der Waals surface area contributed by atoms with Gasteiger partial charge in [-0.05, 0) is 61.4 Å². The molecule has 1 fully saturated rings. The molecule has 0 aliphatic carbocycles. The van der Waals surface area contributed by atoms with Gasteiger partial charge in [0.1, 0.15) is 5.82 Å². The molecular weight excluding hydrogens is 407 g/mol. The van der Waals surface area contributed by atoms with Gasteiger partial charge in [-0.15, -0.1) is 23.5 Å². The molecule has 0 unspecified atom stereocenters. The molecule has 1 aliphatic heterocycles. The molecule has 0 bridgehead atoms. The molecule has 0 aromatic heterocycles. The van der Waals surface area contributed by atoms with Crippen LogP contribution in [0.25, 0.3) is 0 Å². The van der Waals surface area contributed by atoms with Crippen molar-refractivity contribution in [3.63, 3.8) is 0 Å². The third kappa shape index (κ3) is 6.78. The van der Waals surface area contributed by atoms with E-state index < -0.39 is 0 Å². The smallest absolute Gasteiger partial charge is 0.252 e. The number of hydrogen-bond acceptors (Lipinski definition) is 4. The first-order valence-corrected chi connectivity index (χ1v) is 11.8. The van der Waals surface area contributed by atoms with E-state index >= 15 is 0 Å². The summed E-state index contributed by atoms with van der Waals surface area (Å²) in [4.78, 5) is 28.6. The van der Waals surface area contributed by atoms with Crippen LogP contribution in [0.1, 0.15) is 29.6 Å². The van der Waals surface area contributed by atoms with E-state index in [2.05, 4.69) is 5.32 Å². The zero-order valence-electron chi connectivity index (χ0n) is 16.2. The predicted molar refractivity (Wildman–Crippen MR) is 117 cm³/mol. The van der Waals surface area contributed by atoms with Crippen LogP contribution in [0.5, 0.6) is 0 Å². The lowest BCUT2D eigenvalue weighted by molar-refractivity contribution is -0.127. The van der Waals surface area contributed by atoms with Crippen molar-refractivity contribution in [1.82, 2.24) is 10.2 Å². The van der Waals surface area contributed by atoms with E-state index in [-0.39, 0.29) is 17.6 Å². The lowest BCUT2D eigenvalue weighted by Crippen LogP contribution is -2.29. The van der Waals surface area contributed by atoms with Crippen molar-refractivity contribution in [2.24, 2.45) is 0 Å². The second kappa shape index (κ2) is 11.3. The molecule has 154 valence electrons. The molecule has 2 aromatic carbocycles. The summed E-state index contributed by atoms with van der Waals surface area (Å²) in [6.07, 6.45) is 2.97. The van der Waals surface area contributed by atoms with Gasteiger partial charge in [-0.25, -0.2) is 4.39 Å². The average Bonchev–Trinajstić information content (AvgIpc) is 3.28. The molecule has 7 heteroatoms. The Morgan fingerprint density at radius 1 is 1.00 bits per heavy atom. The maximum absolute atomic E-state index is 12.9. The van der Waals surface area contributed by atoms with Gasteiger partial charge in [0.05, 0.1) is 11.3 Å². The summed E-state index contributed by atoms with van der Waals surface area (Å²) < 4.78 is 12.9. The molecule has 29 heavy (non-hydrogen) atoms. The van der Waals surface area contributed by atoms with E-state index in [0.717, 1.165) is 47.9 Å². The Kier molecular flexibility index (Phi) is 8.43. The molecule has 2 aromatic rings. The minimum absolute atomic E-state index is 0.117. The third-order valence-electron chi connectivity index (χ3n) is 4.63. The summed E-state index contributed by atoms with van der Waals surface area (Å²) >= 11 is 3.06. The standard InChI is InChI=1S/C22H25FN2O2S2/c23-17-8-10-18(11-9-17)28-15-5-12-24-22(27)19-6-1-2-7-20(19)29-16-21(26)25-13-3-4-14-25/h1-2,6-11H,3-5,12-16H2,(H,24,27). The highest BCUT2D eigenvalue weighted by Gasteiger charge is 2.19. The van der Waals surface area contributed by atoms with Gasteiger partial charge in [0.15, 0.2) is 0 Å². The van der Waals surface area contributed by atoms with Crippen LogP contribution in [0.15, 0.2) is 58.3 Å². The number of rotatable bonds is 9. The fourth-order valence-electron chi connectivity index (χ4n) is 3.07. The van der Waals surface area contributed by atoms with E-state index in [4.69, 9.17) is 0 Å². The van der Waals surface area contributed by atoms with Crippen molar-refractivity contribution < 1.29 is 14.0 Å². The number of thioether (sulfide) groups is 2. The summed E-state index contributed by atoms with van der Waals surface area (Å²) in [5.41, 5.74) is 0.609. The molecule has 0 spiro atoms. The number of halogens is 1. The zero-order valence-corrected chi connectivity index (χ0v) is 17.9. The zero-order chi connectivity index (χ0) is 20.5. The summed E-state index contributed by atoms with van der Waals surface area (Å²) in [5.74, 6) is 0.986. The second-order valence-corrected chi connectivity index (χ2v) is 8.97. The summed E-state index contributed by atoms with van der Waals surface area (Å²) in [6, 6.07) is 13.8. The third-order valence-corrected chi connectivity index (χ3v) is 6.79. The van der Waals surface area contributed by atoms with E-state index in [1.165, 1.54) is 23.9 Å². The van der Waals surface area contributed by atoms with Crippen LogP contribution in [-0.2, 0) is 4.79 Å². The molecule has 1 heterocycles. The van der Waals surface area contributed by atoms with E-state index in [1.54, 1.807) is 30.0 Å².